The Hall–Kier alpha value is -2.04. The Kier molecular flexibility index (Phi) is 6.40. The van der Waals surface area contributed by atoms with Gasteiger partial charge in [0.25, 0.3) is 5.91 Å². The molecule has 1 rings (SSSR count). The number of amides is 1. The van der Waals surface area contributed by atoms with E-state index in [0.29, 0.717) is 11.7 Å². The maximum Gasteiger partial charge on any atom is 0.326 e. The molecule has 0 heterocycles. The second-order valence-corrected chi connectivity index (χ2v) is 6.09. The predicted molar refractivity (Wildman–Crippen MR) is 85.2 cm³/mol. The van der Waals surface area contributed by atoms with Crippen LogP contribution in [0.3, 0.4) is 0 Å². The second-order valence-electron chi connectivity index (χ2n) is 6.09. The quantitative estimate of drug-likeness (QED) is 0.812. The molecule has 1 aromatic rings. The third-order valence-electron chi connectivity index (χ3n) is 3.48. The standard InChI is InChI=1S/C17H25NO4/c1-10(2)14-7-6-13(8-12(14)5)22-9-15(19)18-16(11(3)4)17(20)21/h6-8,10-11,16H,9H2,1-5H3,(H,18,19)(H,20,21)/t16-/m0/s1. The Bertz CT molecular complexity index is 537. The Morgan fingerprint density at radius 2 is 1.86 bits per heavy atom. The highest BCUT2D eigenvalue weighted by atomic mass is 16.5. The number of carboxylic acid groups (broad SMARTS) is 1. The molecular formula is C17H25NO4. The molecule has 0 fully saturated rings. The largest absolute Gasteiger partial charge is 0.484 e. The summed E-state index contributed by atoms with van der Waals surface area (Å²) in [5.74, 6) is -0.630. The van der Waals surface area contributed by atoms with Crippen LogP contribution in [0.15, 0.2) is 18.2 Å². The van der Waals surface area contributed by atoms with E-state index in [1.165, 1.54) is 5.56 Å². The molecule has 0 spiro atoms. The van der Waals surface area contributed by atoms with Crippen molar-refractivity contribution in [3.63, 3.8) is 0 Å². The van der Waals surface area contributed by atoms with Gasteiger partial charge in [-0.2, -0.15) is 0 Å². The molecule has 5 nitrogen and oxygen atoms in total. The lowest BCUT2D eigenvalue weighted by Crippen LogP contribution is -2.46. The lowest BCUT2D eigenvalue weighted by Gasteiger charge is -2.18. The highest BCUT2D eigenvalue weighted by Crippen LogP contribution is 2.23. The van der Waals surface area contributed by atoms with Crippen LogP contribution in [0.5, 0.6) is 5.75 Å². The first-order chi connectivity index (χ1) is 10.2. The molecule has 122 valence electrons. The maximum atomic E-state index is 11.8. The zero-order chi connectivity index (χ0) is 16.9. The van der Waals surface area contributed by atoms with Gasteiger partial charge < -0.3 is 15.2 Å². The number of carboxylic acids is 1. The van der Waals surface area contributed by atoms with Crippen LogP contribution in [-0.2, 0) is 9.59 Å². The summed E-state index contributed by atoms with van der Waals surface area (Å²) in [5.41, 5.74) is 2.35. The molecule has 0 aliphatic rings. The minimum Gasteiger partial charge on any atom is -0.484 e. The van der Waals surface area contributed by atoms with Crippen LogP contribution in [-0.4, -0.2) is 29.6 Å². The SMILES string of the molecule is Cc1cc(OCC(=O)N[C@H](C(=O)O)C(C)C)ccc1C(C)C. The first-order valence-electron chi connectivity index (χ1n) is 7.48. The zero-order valence-electron chi connectivity index (χ0n) is 13.8. The number of ether oxygens (including phenoxy) is 1. The van der Waals surface area contributed by atoms with Gasteiger partial charge in [-0.1, -0.05) is 33.8 Å². The van der Waals surface area contributed by atoms with Gasteiger partial charge in [0, 0.05) is 0 Å². The van der Waals surface area contributed by atoms with Gasteiger partial charge in [0.2, 0.25) is 0 Å². The smallest absolute Gasteiger partial charge is 0.326 e. The van der Waals surface area contributed by atoms with Gasteiger partial charge in [-0.15, -0.1) is 0 Å². The van der Waals surface area contributed by atoms with Crippen LogP contribution in [0.1, 0.15) is 44.7 Å². The van der Waals surface area contributed by atoms with E-state index in [1.807, 2.05) is 25.1 Å². The molecule has 22 heavy (non-hydrogen) atoms. The summed E-state index contributed by atoms with van der Waals surface area (Å²) in [5, 5.41) is 11.5. The van der Waals surface area contributed by atoms with Crippen LogP contribution in [0.2, 0.25) is 0 Å². The molecule has 1 aromatic carbocycles. The number of nitrogens with one attached hydrogen (secondary N) is 1. The third kappa shape index (κ3) is 5.06. The Morgan fingerprint density at radius 3 is 2.32 bits per heavy atom. The molecule has 5 heteroatoms. The molecule has 2 N–H and O–H groups in total. The van der Waals surface area contributed by atoms with Gasteiger partial charge in [0.05, 0.1) is 0 Å². The normalized spacial score (nSPS) is 12.3. The van der Waals surface area contributed by atoms with Gasteiger partial charge in [-0.3, -0.25) is 4.79 Å². The summed E-state index contributed by atoms with van der Waals surface area (Å²) in [6, 6.07) is 4.80. The zero-order valence-corrected chi connectivity index (χ0v) is 13.8. The number of hydrogen-bond donors (Lipinski definition) is 2. The van der Waals surface area contributed by atoms with E-state index < -0.39 is 17.9 Å². The van der Waals surface area contributed by atoms with E-state index in [1.54, 1.807) is 13.8 Å². The number of carbonyl (C=O) groups is 2. The van der Waals surface area contributed by atoms with E-state index in [4.69, 9.17) is 9.84 Å². The topological polar surface area (TPSA) is 75.6 Å². The van der Waals surface area contributed by atoms with Crippen molar-refractivity contribution in [3.05, 3.63) is 29.3 Å². The van der Waals surface area contributed by atoms with Crippen LogP contribution < -0.4 is 10.1 Å². The Labute approximate surface area is 131 Å². The van der Waals surface area contributed by atoms with Crippen LogP contribution in [0.4, 0.5) is 0 Å². The fourth-order valence-electron chi connectivity index (χ4n) is 2.26. The highest BCUT2D eigenvalue weighted by molar-refractivity contribution is 5.84. The summed E-state index contributed by atoms with van der Waals surface area (Å²) in [6.45, 7) is 9.53. The lowest BCUT2D eigenvalue weighted by molar-refractivity contribution is -0.143. The molecular weight excluding hydrogens is 282 g/mol. The third-order valence-corrected chi connectivity index (χ3v) is 3.48. The monoisotopic (exact) mass is 307 g/mol. The molecule has 0 aliphatic carbocycles. The summed E-state index contributed by atoms with van der Waals surface area (Å²) < 4.78 is 5.44. The summed E-state index contributed by atoms with van der Waals surface area (Å²) in [6.07, 6.45) is 0. The summed E-state index contributed by atoms with van der Waals surface area (Å²) in [7, 11) is 0. The first-order valence-corrected chi connectivity index (χ1v) is 7.48. The van der Waals surface area contributed by atoms with Gasteiger partial charge in [-0.05, 0) is 42.0 Å². The van der Waals surface area contributed by atoms with Crippen molar-refractivity contribution in [3.8, 4) is 5.75 Å². The molecule has 0 aliphatic heterocycles. The van der Waals surface area contributed by atoms with E-state index in [9.17, 15) is 9.59 Å². The van der Waals surface area contributed by atoms with Crippen molar-refractivity contribution in [2.24, 2.45) is 5.92 Å². The van der Waals surface area contributed by atoms with E-state index in [2.05, 4.69) is 19.2 Å². The van der Waals surface area contributed by atoms with Crippen LogP contribution in [0, 0.1) is 12.8 Å². The van der Waals surface area contributed by atoms with Gasteiger partial charge >= 0.3 is 5.97 Å². The molecule has 0 bridgehead atoms. The van der Waals surface area contributed by atoms with Gasteiger partial charge in [0.15, 0.2) is 6.61 Å². The number of carbonyl (C=O) groups excluding carboxylic acids is 1. The number of aliphatic carboxylic acids is 1. The summed E-state index contributed by atoms with van der Waals surface area (Å²) >= 11 is 0. The molecule has 0 unspecified atom stereocenters. The van der Waals surface area contributed by atoms with E-state index >= 15 is 0 Å². The molecule has 0 radical (unpaired) electrons. The molecule has 1 amide bonds. The molecule has 0 aromatic heterocycles. The average Bonchev–Trinajstić information content (AvgIpc) is 2.41. The van der Waals surface area contributed by atoms with Crippen LogP contribution in [0.25, 0.3) is 0 Å². The average molecular weight is 307 g/mol. The molecule has 1 atom stereocenters. The number of rotatable bonds is 7. The van der Waals surface area contributed by atoms with Crippen molar-refractivity contribution in [1.29, 1.82) is 0 Å². The van der Waals surface area contributed by atoms with Crippen molar-refractivity contribution in [1.82, 2.24) is 5.32 Å². The first kappa shape index (κ1) is 18.0. The number of hydrogen-bond acceptors (Lipinski definition) is 3. The Morgan fingerprint density at radius 1 is 1.23 bits per heavy atom. The fraction of sp³-hybridized carbons (Fsp3) is 0.529. The van der Waals surface area contributed by atoms with E-state index in [0.717, 1.165) is 5.56 Å². The lowest BCUT2D eigenvalue weighted by atomic mass is 9.98. The number of benzene rings is 1. The van der Waals surface area contributed by atoms with Crippen LogP contribution >= 0.6 is 0 Å². The van der Waals surface area contributed by atoms with Crippen molar-refractivity contribution in [2.45, 2.75) is 46.6 Å². The van der Waals surface area contributed by atoms with Crippen molar-refractivity contribution < 1.29 is 19.4 Å². The second kappa shape index (κ2) is 7.82. The fourth-order valence-corrected chi connectivity index (χ4v) is 2.26. The van der Waals surface area contributed by atoms with Crippen molar-refractivity contribution >= 4 is 11.9 Å². The van der Waals surface area contributed by atoms with Crippen molar-refractivity contribution in [2.75, 3.05) is 6.61 Å². The summed E-state index contributed by atoms with van der Waals surface area (Å²) in [4.78, 5) is 22.8. The molecule has 0 saturated heterocycles. The minimum absolute atomic E-state index is 0.186. The Balaban J connectivity index is 2.61. The van der Waals surface area contributed by atoms with E-state index in [-0.39, 0.29) is 12.5 Å². The maximum absolute atomic E-state index is 11.8. The highest BCUT2D eigenvalue weighted by Gasteiger charge is 2.23. The predicted octanol–water partition coefficient (Wildman–Crippen LogP) is 2.72. The van der Waals surface area contributed by atoms with Gasteiger partial charge in [0.1, 0.15) is 11.8 Å². The minimum atomic E-state index is -1.04. The molecule has 0 saturated carbocycles. The van der Waals surface area contributed by atoms with Gasteiger partial charge in [-0.25, -0.2) is 4.79 Å². The number of aryl methyl sites for hydroxylation is 1.